The van der Waals surface area contributed by atoms with Gasteiger partial charge in [0.25, 0.3) is 11.6 Å². The third kappa shape index (κ3) is 5.38. The molecule has 12 heteroatoms. The third-order valence-corrected chi connectivity index (χ3v) is 6.30. The first kappa shape index (κ1) is 24.6. The van der Waals surface area contributed by atoms with Gasteiger partial charge in [0.05, 0.1) is 40.0 Å². The van der Waals surface area contributed by atoms with Gasteiger partial charge in [-0.3, -0.25) is 20.2 Å². The molecule has 1 amide bonds. The van der Waals surface area contributed by atoms with Crippen molar-refractivity contribution >= 4 is 63.0 Å². The van der Waals surface area contributed by atoms with Crippen LogP contribution in [-0.4, -0.2) is 47.2 Å². The molecule has 4 aromatic rings. The lowest BCUT2D eigenvalue weighted by Gasteiger charge is -2.30. The number of aromatic nitrogens is 1. The van der Waals surface area contributed by atoms with Crippen molar-refractivity contribution in [3.8, 4) is 11.5 Å². The van der Waals surface area contributed by atoms with Gasteiger partial charge in [0.1, 0.15) is 5.52 Å². The van der Waals surface area contributed by atoms with Crippen LogP contribution in [0, 0.1) is 10.1 Å². The summed E-state index contributed by atoms with van der Waals surface area (Å²) in [5.41, 5.74) is 2.93. The minimum absolute atomic E-state index is 0.00951. The quantitative estimate of drug-likeness (QED) is 0.205. The molecular formula is C25H20ClN5O5S. The van der Waals surface area contributed by atoms with Crippen molar-refractivity contribution in [2.45, 2.75) is 0 Å². The molecule has 1 fully saturated rings. The van der Waals surface area contributed by atoms with E-state index in [9.17, 15) is 14.9 Å². The number of amides is 1. The number of nitro benzene ring substituents is 1. The monoisotopic (exact) mass is 537 g/mol. The summed E-state index contributed by atoms with van der Waals surface area (Å²) < 4.78 is 11.2. The number of nitro groups is 1. The summed E-state index contributed by atoms with van der Waals surface area (Å²) in [7, 11) is 0. The average molecular weight is 538 g/mol. The number of nitrogens with zero attached hydrogens (tertiary/aromatic N) is 3. The van der Waals surface area contributed by atoms with Gasteiger partial charge in [0, 0.05) is 30.9 Å². The zero-order valence-corrected chi connectivity index (χ0v) is 20.8. The van der Waals surface area contributed by atoms with E-state index in [0.29, 0.717) is 65.3 Å². The van der Waals surface area contributed by atoms with Crippen LogP contribution in [0.4, 0.5) is 17.1 Å². The fourth-order valence-electron chi connectivity index (χ4n) is 3.99. The van der Waals surface area contributed by atoms with Gasteiger partial charge in [-0.2, -0.15) is 0 Å². The number of nitrogens with one attached hydrogen (secondary N) is 2. The molecule has 10 nitrogen and oxygen atoms in total. The third-order valence-electron chi connectivity index (χ3n) is 5.76. The number of rotatable bonds is 5. The predicted octanol–water partition coefficient (Wildman–Crippen LogP) is 5.02. The summed E-state index contributed by atoms with van der Waals surface area (Å²) in [6, 6.07) is 16.6. The van der Waals surface area contributed by atoms with Gasteiger partial charge in [-0.15, -0.1) is 0 Å². The highest BCUT2D eigenvalue weighted by Gasteiger charge is 2.23. The zero-order valence-electron chi connectivity index (χ0n) is 19.3. The van der Waals surface area contributed by atoms with Crippen molar-refractivity contribution in [1.29, 1.82) is 0 Å². The fourth-order valence-corrected chi connectivity index (χ4v) is 4.40. The normalized spacial score (nSPS) is 13.4. The Bertz CT molecular complexity index is 1490. The molecule has 0 spiro atoms. The minimum atomic E-state index is -0.573. The molecule has 2 heterocycles. The highest BCUT2D eigenvalue weighted by molar-refractivity contribution is 7.80. The highest BCUT2D eigenvalue weighted by Crippen LogP contribution is 2.32. The van der Waals surface area contributed by atoms with E-state index in [1.165, 1.54) is 12.1 Å². The number of para-hydroxylation sites is 2. The molecule has 188 valence electrons. The van der Waals surface area contributed by atoms with E-state index in [2.05, 4.69) is 15.6 Å². The topological polar surface area (TPSA) is 123 Å². The number of carbonyl (C=O) groups is 1. The number of hydrogen-bond donors (Lipinski definition) is 2. The van der Waals surface area contributed by atoms with E-state index in [4.69, 9.17) is 33.0 Å². The van der Waals surface area contributed by atoms with Crippen LogP contribution in [0.15, 0.2) is 65.1 Å². The van der Waals surface area contributed by atoms with Crippen molar-refractivity contribution < 1.29 is 18.9 Å². The standard InChI is InChI=1S/C25H20ClN5O5S/c26-19-7-5-15(13-17(19)24-28-20-3-1-2-4-22(20)36-24)27-25(37)29-23(32)18-14-16(31(33)34)6-8-21(18)30-9-11-35-12-10-30/h1-8,13-14H,9-12H2,(H2,27,29,32,37). The molecule has 1 aromatic heterocycles. The van der Waals surface area contributed by atoms with Crippen molar-refractivity contribution in [3.63, 3.8) is 0 Å². The van der Waals surface area contributed by atoms with Crippen LogP contribution < -0.4 is 15.5 Å². The Labute approximate surface area is 221 Å². The molecule has 1 saturated heterocycles. The molecule has 0 bridgehead atoms. The maximum absolute atomic E-state index is 13.2. The molecule has 3 aromatic carbocycles. The Morgan fingerprint density at radius 1 is 1.11 bits per heavy atom. The first-order valence-corrected chi connectivity index (χ1v) is 12.1. The van der Waals surface area contributed by atoms with Gasteiger partial charge in [0.15, 0.2) is 10.7 Å². The van der Waals surface area contributed by atoms with E-state index in [0.717, 1.165) is 0 Å². The molecule has 5 rings (SSSR count). The Morgan fingerprint density at radius 2 is 1.89 bits per heavy atom. The number of thiocarbonyl (C=S) groups is 1. The number of oxazole rings is 1. The predicted molar refractivity (Wildman–Crippen MR) is 144 cm³/mol. The van der Waals surface area contributed by atoms with Crippen molar-refractivity contribution in [1.82, 2.24) is 10.3 Å². The molecular weight excluding hydrogens is 518 g/mol. The van der Waals surface area contributed by atoms with Gasteiger partial charge in [-0.1, -0.05) is 23.7 Å². The van der Waals surface area contributed by atoms with E-state index in [1.54, 1.807) is 24.3 Å². The number of ether oxygens (including phenoxy) is 1. The number of hydrogen-bond acceptors (Lipinski definition) is 8. The molecule has 0 aliphatic carbocycles. The lowest BCUT2D eigenvalue weighted by Crippen LogP contribution is -2.39. The molecule has 0 saturated carbocycles. The van der Waals surface area contributed by atoms with Crippen molar-refractivity contribution in [2.24, 2.45) is 0 Å². The maximum atomic E-state index is 13.2. The smallest absolute Gasteiger partial charge is 0.270 e. The zero-order chi connectivity index (χ0) is 25.9. The van der Waals surface area contributed by atoms with Crippen LogP contribution in [0.3, 0.4) is 0 Å². The number of non-ortho nitro benzene ring substituents is 1. The van der Waals surface area contributed by atoms with Gasteiger partial charge >= 0.3 is 0 Å². The SMILES string of the molecule is O=C(NC(=S)Nc1ccc(Cl)c(-c2nc3ccccc3o2)c1)c1cc([N+](=O)[O-])ccc1N1CCOCC1. The van der Waals surface area contributed by atoms with Gasteiger partial charge in [0.2, 0.25) is 5.89 Å². The van der Waals surface area contributed by atoms with Crippen LogP contribution in [0.25, 0.3) is 22.6 Å². The lowest BCUT2D eigenvalue weighted by atomic mass is 10.1. The Balaban J connectivity index is 1.36. The molecule has 0 unspecified atom stereocenters. The number of morpholine rings is 1. The summed E-state index contributed by atoms with van der Waals surface area (Å²) in [6.45, 7) is 2.11. The van der Waals surface area contributed by atoms with E-state index >= 15 is 0 Å². The van der Waals surface area contributed by atoms with E-state index < -0.39 is 10.8 Å². The fraction of sp³-hybridized carbons (Fsp3) is 0.160. The average Bonchev–Trinajstić information content (AvgIpc) is 3.34. The van der Waals surface area contributed by atoms with Gasteiger partial charge in [-0.05, 0) is 48.6 Å². The maximum Gasteiger partial charge on any atom is 0.270 e. The van der Waals surface area contributed by atoms with Crippen LogP contribution in [0.1, 0.15) is 10.4 Å². The van der Waals surface area contributed by atoms with Gasteiger partial charge in [-0.25, -0.2) is 4.98 Å². The van der Waals surface area contributed by atoms with Crippen LogP contribution >= 0.6 is 23.8 Å². The van der Waals surface area contributed by atoms with Crippen molar-refractivity contribution in [3.05, 3.63) is 81.4 Å². The Hall–Kier alpha value is -4.06. The number of halogens is 1. The second-order valence-electron chi connectivity index (χ2n) is 8.15. The highest BCUT2D eigenvalue weighted by atomic mass is 35.5. The minimum Gasteiger partial charge on any atom is -0.436 e. The van der Waals surface area contributed by atoms with Crippen molar-refractivity contribution in [2.75, 3.05) is 36.5 Å². The summed E-state index contributed by atoms with van der Waals surface area (Å²) >= 11 is 11.8. The summed E-state index contributed by atoms with van der Waals surface area (Å²) in [5, 5.41) is 17.3. The molecule has 2 N–H and O–H groups in total. The number of carbonyl (C=O) groups excluding carboxylic acids is 1. The number of anilines is 2. The first-order chi connectivity index (χ1) is 17.9. The molecule has 37 heavy (non-hydrogen) atoms. The lowest BCUT2D eigenvalue weighted by molar-refractivity contribution is -0.384. The Kier molecular flexibility index (Phi) is 6.99. The molecule has 1 aliphatic rings. The van der Waals surface area contributed by atoms with Gasteiger partial charge < -0.3 is 19.4 Å². The summed E-state index contributed by atoms with van der Waals surface area (Å²) in [6.07, 6.45) is 0. The van der Waals surface area contributed by atoms with Crippen LogP contribution in [0.2, 0.25) is 5.02 Å². The molecule has 0 atom stereocenters. The molecule has 0 radical (unpaired) electrons. The molecule has 1 aliphatic heterocycles. The second kappa shape index (κ2) is 10.5. The van der Waals surface area contributed by atoms with E-state index in [-0.39, 0.29) is 16.4 Å². The first-order valence-electron chi connectivity index (χ1n) is 11.3. The van der Waals surface area contributed by atoms with Crippen LogP contribution in [-0.2, 0) is 4.74 Å². The largest absolute Gasteiger partial charge is 0.436 e. The summed E-state index contributed by atoms with van der Waals surface area (Å²) in [5.74, 6) is -0.229. The number of fused-ring (bicyclic) bond motifs is 1. The second-order valence-corrected chi connectivity index (χ2v) is 8.96. The summed E-state index contributed by atoms with van der Waals surface area (Å²) in [4.78, 5) is 30.4. The number of benzene rings is 3. The van der Waals surface area contributed by atoms with E-state index in [1.807, 2.05) is 29.2 Å². The Morgan fingerprint density at radius 3 is 2.65 bits per heavy atom. The van der Waals surface area contributed by atoms with Crippen LogP contribution in [0.5, 0.6) is 0 Å².